The summed E-state index contributed by atoms with van der Waals surface area (Å²) in [5.74, 6) is -0.417. The van der Waals surface area contributed by atoms with Crippen LogP contribution < -0.4 is 10.5 Å². The highest BCUT2D eigenvalue weighted by Gasteiger charge is 2.17. The number of carbonyl (C=O) groups is 2. The molecule has 7 heteroatoms. The van der Waals surface area contributed by atoms with E-state index in [0.29, 0.717) is 16.8 Å². The van der Waals surface area contributed by atoms with Gasteiger partial charge in [0.1, 0.15) is 0 Å². The van der Waals surface area contributed by atoms with Gasteiger partial charge in [-0.05, 0) is 73.6 Å². The summed E-state index contributed by atoms with van der Waals surface area (Å²) in [6, 6.07) is 8.58. The van der Waals surface area contributed by atoms with Crippen molar-refractivity contribution in [1.29, 1.82) is 0 Å². The SMILES string of the molecule is Cc1cc(S(N)(=O)=O)cc(NC(=O)CCC(=O)c2ccc3c(c2)CCC3)c1C. The molecule has 0 aliphatic heterocycles. The van der Waals surface area contributed by atoms with Gasteiger partial charge in [0.2, 0.25) is 15.9 Å². The summed E-state index contributed by atoms with van der Waals surface area (Å²) in [7, 11) is -3.87. The fraction of sp³-hybridized carbons (Fsp3) is 0.333. The molecule has 0 atom stereocenters. The van der Waals surface area contributed by atoms with Crippen molar-refractivity contribution in [2.24, 2.45) is 5.14 Å². The van der Waals surface area contributed by atoms with Crippen molar-refractivity contribution in [3.05, 3.63) is 58.1 Å². The van der Waals surface area contributed by atoms with Crippen molar-refractivity contribution in [3.8, 4) is 0 Å². The first-order valence-corrected chi connectivity index (χ1v) is 10.8. The highest BCUT2D eigenvalue weighted by molar-refractivity contribution is 7.89. The van der Waals surface area contributed by atoms with Crippen molar-refractivity contribution < 1.29 is 18.0 Å². The highest BCUT2D eigenvalue weighted by atomic mass is 32.2. The summed E-state index contributed by atoms with van der Waals surface area (Å²) in [5.41, 5.74) is 5.01. The molecule has 0 spiro atoms. The zero-order valence-corrected chi connectivity index (χ0v) is 16.9. The Morgan fingerprint density at radius 1 is 1.04 bits per heavy atom. The number of anilines is 1. The van der Waals surface area contributed by atoms with Gasteiger partial charge in [-0.1, -0.05) is 12.1 Å². The Labute approximate surface area is 165 Å². The lowest BCUT2D eigenvalue weighted by molar-refractivity contribution is -0.116. The molecule has 0 heterocycles. The molecule has 3 N–H and O–H groups in total. The molecule has 1 aliphatic rings. The molecule has 1 aliphatic carbocycles. The van der Waals surface area contributed by atoms with E-state index in [4.69, 9.17) is 5.14 Å². The minimum atomic E-state index is -3.87. The molecule has 6 nitrogen and oxygen atoms in total. The molecule has 0 unspecified atom stereocenters. The third-order valence-electron chi connectivity index (χ3n) is 5.24. The number of carbonyl (C=O) groups excluding carboxylic acids is 2. The van der Waals surface area contributed by atoms with E-state index in [1.54, 1.807) is 13.8 Å². The maximum atomic E-state index is 12.4. The number of nitrogens with one attached hydrogen (secondary N) is 1. The Bertz CT molecular complexity index is 1060. The number of rotatable bonds is 6. The van der Waals surface area contributed by atoms with Crippen LogP contribution >= 0.6 is 0 Å². The smallest absolute Gasteiger partial charge is 0.238 e. The summed E-state index contributed by atoms with van der Waals surface area (Å²) >= 11 is 0. The maximum Gasteiger partial charge on any atom is 0.238 e. The van der Waals surface area contributed by atoms with E-state index in [0.717, 1.165) is 24.8 Å². The standard InChI is InChI=1S/C21H24N2O4S/c1-13-10-18(28(22,26)27)12-19(14(13)2)23-21(25)9-8-20(24)17-7-6-15-4-3-5-16(15)11-17/h6-7,10-12H,3-5,8-9H2,1-2H3,(H,23,25)(H2,22,26,27). The molecule has 148 valence electrons. The van der Waals surface area contributed by atoms with Crippen LogP contribution in [0.5, 0.6) is 0 Å². The average molecular weight is 401 g/mol. The summed E-state index contributed by atoms with van der Waals surface area (Å²) in [4.78, 5) is 24.7. The molecular weight excluding hydrogens is 376 g/mol. The normalized spacial score (nSPS) is 13.2. The van der Waals surface area contributed by atoms with Crippen molar-refractivity contribution >= 4 is 27.4 Å². The molecule has 0 saturated carbocycles. The molecule has 0 aromatic heterocycles. The van der Waals surface area contributed by atoms with Gasteiger partial charge in [-0.15, -0.1) is 0 Å². The molecule has 0 saturated heterocycles. The van der Waals surface area contributed by atoms with Gasteiger partial charge in [0, 0.05) is 24.1 Å². The molecule has 0 fully saturated rings. The molecule has 1 amide bonds. The fourth-order valence-electron chi connectivity index (χ4n) is 3.45. The van der Waals surface area contributed by atoms with E-state index < -0.39 is 10.0 Å². The molecule has 3 rings (SSSR count). The summed E-state index contributed by atoms with van der Waals surface area (Å²) < 4.78 is 23.2. The van der Waals surface area contributed by atoms with E-state index in [1.807, 2.05) is 18.2 Å². The lowest BCUT2D eigenvalue weighted by atomic mass is 10.0. The Morgan fingerprint density at radius 3 is 2.46 bits per heavy atom. The van der Waals surface area contributed by atoms with E-state index in [2.05, 4.69) is 5.32 Å². The van der Waals surface area contributed by atoms with Crippen LogP contribution in [0.1, 0.15) is 51.9 Å². The number of primary sulfonamides is 1. The van der Waals surface area contributed by atoms with Crippen LogP contribution in [0.2, 0.25) is 0 Å². The second kappa shape index (κ2) is 7.85. The Balaban J connectivity index is 1.66. The van der Waals surface area contributed by atoms with Crippen LogP contribution in [-0.4, -0.2) is 20.1 Å². The van der Waals surface area contributed by atoms with Gasteiger partial charge in [0.15, 0.2) is 5.78 Å². The second-order valence-electron chi connectivity index (χ2n) is 7.27. The largest absolute Gasteiger partial charge is 0.326 e. The van der Waals surface area contributed by atoms with Crippen LogP contribution in [0.25, 0.3) is 0 Å². The van der Waals surface area contributed by atoms with Crippen LogP contribution in [0.3, 0.4) is 0 Å². The molecule has 28 heavy (non-hydrogen) atoms. The quantitative estimate of drug-likeness (QED) is 0.727. The third kappa shape index (κ3) is 4.48. The lowest BCUT2D eigenvalue weighted by Gasteiger charge is -2.12. The van der Waals surface area contributed by atoms with E-state index in [-0.39, 0.29) is 29.4 Å². The van der Waals surface area contributed by atoms with Crippen LogP contribution in [-0.2, 0) is 27.7 Å². The van der Waals surface area contributed by atoms with Gasteiger partial charge >= 0.3 is 0 Å². The van der Waals surface area contributed by atoms with Gasteiger partial charge in [0.05, 0.1) is 4.90 Å². The monoisotopic (exact) mass is 400 g/mol. The number of amides is 1. The van der Waals surface area contributed by atoms with Crippen LogP contribution in [0, 0.1) is 13.8 Å². The van der Waals surface area contributed by atoms with Crippen molar-refractivity contribution in [3.63, 3.8) is 0 Å². The predicted octanol–water partition coefficient (Wildman–Crippen LogP) is 3.04. The Kier molecular flexibility index (Phi) is 5.67. The average Bonchev–Trinajstić information content (AvgIpc) is 3.10. The first-order chi connectivity index (χ1) is 13.1. The van der Waals surface area contributed by atoms with Gasteiger partial charge < -0.3 is 5.32 Å². The number of nitrogens with two attached hydrogens (primary N) is 1. The maximum absolute atomic E-state index is 12.4. The number of aryl methyl sites for hydroxylation is 3. The third-order valence-corrected chi connectivity index (χ3v) is 6.14. The van der Waals surface area contributed by atoms with Crippen molar-refractivity contribution in [1.82, 2.24) is 0 Å². The first-order valence-electron chi connectivity index (χ1n) is 9.24. The lowest BCUT2D eigenvalue weighted by Crippen LogP contribution is -2.17. The van der Waals surface area contributed by atoms with Gasteiger partial charge in [-0.3, -0.25) is 9.59 Å². The van der Waals surface area contributed by atoms with Crippen LogP contribution in [0.4, 0.5) is 5.69 Å². The number of Topliss-reactive ketones (excluding diaryl/α,β-unsaturated/α-hetero) is 1. The number of benzene rings is 2. The molecule has 2 aromatic carbocycles. The number of fused-ring (bicyclic) bond motifs is 1. The first kappa shape index (κ1) is 20.2. The van der Waals surface area contributed by atoms with E-state index in [1.165, 1.54) is 23.3 Å². The Morgan fingerprint density at radius 2 is 1.75 bits per heavy atom. The summed E-state index contributed by atoms with van der Waals surface area (Å²) in [5, 5.41) is 7.89. The number of ketones is 1. The number of hydrogen-bond acceptors (Lipinski definition) is 4. The van der Waals surface area contributed by atoms with Gasteiger partial charge in [0.25, 0.3) is 0 Å². The molecule has 2 aromatic rings. The Hall–Kier alpha value is -2.51. The molecular formula is C21H24N2O4S. The summed E-state index contributed by atoms with van der Waals surface area (Å²) in [6.45, 7) is 3.53. The fourth-order valence-corrected chi connectivity index (χ4v) is 4.07. The topological polar surface area (TPSA) is 106 Å². The molecule has 0 radical (unpaired) electrons. The van der Waals surface area contributed by atoms with Gasteiger partial charge in [-0.25, -0.2) is 13.6 Å². The van der Waals surface area contributed by atoms with Crippen LogP contribution in [0.15, 0.2) is 35.2 Å². The summed E-state index contributed by atoms with van der Waals surface area (Å²) in [6.07, 6.45) is 3.29. The van der Waals surface area contributed by atoms with Crippen molar-refractivity contribution in [2.75, 3.05) is 5.32 Å². The minimum absolute atomic E-state index is 0.0218. The molecule has 0 bridgehead atoms. The minimum Gasteiger partial charge on any atom is -0.326 e. The van der Waals surface area contributed by atoms with Gasteiger partial charge in [-0.2, -0.15) is 0 Å². The predicted molar refractivity (Wildman–Crippen MR) is 108 cm³/mol. The highest BCUT2D eigenvalue weighted by Crippen LogP contribution is 2.25. The van der Waals surface area contributed by atoms with E-state index in [9.17, 15) is 18.0 Å². The zero-order chi connectivity index (χ0) is 20.5. The zero-order valence-electron chi connectivity index (χ0n) is 16.0. The number of hydrogen-bond donors (Lipinski definition) is 2. The van der Waals surface area contributed by atoms with Crippen molar-refractivity contribution in [2.45, 2.75) is 50.8 Å². The second-order valence-corrected chi connectivity index (χ2v) is 8.83. The number of sulfonamides is 1. The van der Waals surface area contributed by atoms with E-state index >= 15 is 0 Å².